The summed E-state index contributed by atoms with van der Waals surface area (Å²) in [4.78, 5) is 0. The van der Waals surface area contributed by atoms with Crippen molar-refractivity contribution in [3.8, 4) is 0 Å². The van der Waals surface area contributed by atoms with Crippen molar-refractivity contribution in [2.24, 2.45) is 17.6 Å². The largest absolute Gasteiger partial charge is 0.385 e. The summed E-state index contributed by atoms with van der Waals surface area (Å²) in [5, 5.41) is 0. The maximum absolute atomic E-state index is 5.88. The summed E-state index contributed by atoms with van der Waals surface area (Å²) in [7, 11) is 1.73. The van der Waals surface area contributed by atoms with E-state index in [1.54, 1.807) is 7.11 Å². The van der Waals surface area contributed by atoms with Gasteiger partial charge in [0, 0.05) is 19.8 Å². The van der Waals surface area contributed by atoms with Crippen LogP contribution in [0.5, 0.6) is 0 Å². The molecule has 1 rings (SSSR count). The van der Waals surface area contributed by atoms with Crippen molar-refractivity contribution in [2.75, 3.05) is 13.7 Å². The molecular weight excluding hydrogens is 126 g/mol. The molecule has 0 radical (unpaired) electrons. The molecule has 1 saturated carbocycles. The molecule has 3 atom stereocenters. The second kappa shape index (κ2) is 3.35. The SMILES string of the molecule is COCCC(N)C1CC1C. The van der Waals surface area contributed by atoms with E-state index in [9.17, 15) is 0 Å². The number of ether oxygens (including phenoxy) is 1. The quantitative estimate of drug-likeness (QED) is 0.637. The molecule has 1 fully saturated rings. The van der Waals surface area contributed by atoms with E-state index in [1.165, 1.54) is 6.42 Å². The second-order valence-corrected chi connectivity index (χ2v) is 3.32. The molecule has 0 amide bonds. The van der Waals surface area contributed by atoms with Crippen molar-refractivity contribution >= 4 is 0 Å². The lowest BCUT2D eigenvalue weighted by molar-refractivity contribution is 0.184. The van der Waals surface area contributed by atoms with Gasteiger partial charge in [-0.05, 0) is 24.7 Å². The molecule has 0 aromatic carbocycles. The fraction of sp³-hybridized carbons (Fsp3) is 1.00. The Kier molecular flexibility index (Phi) is 2.69. The van der Waals surface area contributed by atoms with Crippen molar-refractivity contribution in [1.82, 2.24) is 0 Å². The predicted molar refractivity (Wildman–Crippen MR) is 41.7 cm³/mol. The predicted octanol–water partition coefficient (Wildman–Crippen LogP) is 1.01. The van der Waals surface area contributed by atoms with Gasteiger partial charge in [-0.1, -0.05) is 6.92 Å². The first kappa shape index (κ1) is 8.02. The summed E-state index contributed by atoms with van der Waals surface area (Å²) in [6, 6.07) is 0.384. The van der Waals surface area contributed by atoms with Gasteiger partial charge in [0.25, 0.3) is 0 Å². The second-order valence-electron chi connectivity index (χ2n) is 3.32. The van der Waals surface area contributed by atoms with Crippen molar-refractivity contribution in [3.05, 3.63) is 0 Å². The van der Waals surface area contributed by atoms with E-state index in [-0.39, 0.29) is 0 Å². The van der Waals surface area contributed by atoms with Gasteiger partial charge in [0.15, 0.2) is 0 Å². The van der Waals surface area contributed by atoms with Crippen LogP contribution in [0.1, 0.15) is 19.8 Å². The zero-order valence-corrected chi connectivity index (χ0v) is 6.84. The molecule has 0 aromatic rings. The molecule has 0 heterocycles. The van der Waals surface area contributed by atoms with Gasteiger partial charge in [-0.15, -0.1) is 0 Å². The van der Waals surface area contributed by atoms with Gasteiger partial charge in [0.2, 0.25) is 0 Å². The van der Waals surface area contributed by atoms with Crippen molar-refractivity contribution in [1.29, 1.82) is 0 Å². The van der Waals surface area contributed by atoms with Gasteiger partial charge < -0.3 is 10.5 Å². The van der Waals surface area contributed by atoms with E-state index in [1.807, 2.05) is 0 Å². The summed E-state index contributed by atoms with van der Waals surface area (Å²) in [6.45, 7) is 3.07. The van der Waals surface area contributed by atoms with Crippen molar-refractivity contribution < 1.29 is 4.74 Å². The molecule has 0 spiro atoms. The minimum atomic E-state index is 0.384. The van der Waals surface area contributed by atoms with E-state index in [2.05, 4.69) is 6.92 Å². The van der Waals surface area contributed by atoms with Gasteiger partial charge in [-0.2, -0.15) is 0 Å². The van der Waals surface area contributed by atoms with Crippen LogP contribution in [0.4, 0.5) is 0 Å². The molecule has 2 nitrogen and oxygen atoms in total. The zero-order chi connectivity index (χ0) is 7.56. The molecular formula is C8H17NO. The van der Waals surface area contributed by atoms with Crippen LogP contribution in [0.15, 0.2) is 0 Å². The van der Waals surface area contributed by atoms with Crippen LogP contribution in [-0.2, 0) is 4.74 Å². The molecule has 0 saturated heterocycles. The van der Waals surface area contributed by atoms with Crippen LogP contribution in [0.3, 0.4) is 0 Å². The standard InChI is InChI=1S/C8H17NO/c1-6-5-7(6)8(9)3-4-10-2/h6-8H,3-5,9H2,1-2H3. The summed E-state index contributed by atoms with van der Waals surface area (Å²) in [6.07, 6.45) is 2.34. The van der Waals surface area contributed by atoms with E-state index in [0.717, 1.165) is 24.9 Å². The Morgan fingerprint density at radius 1 is 1.70 bits per heavy atom. The molecule has 0 aliphatic heterocycles. The Morgan fingerprint density at radius 2 is 2.30 bits per heavy atom. The highest BCUT2D eigenvalue weighted by molar-refractivity contribution is 4.90. The topological polar surface area (TPSA) is 35.2 Å². The van der Waals surface area contributed by atoms with Crippen LogP contribution >= 0.6 is 0 Å². The third-order valence-electron chi connectivity index (χ3n) is 2.38. The highest BCUT2D eigenvalue weighted by Crippen LogP contribution is 2.40. The van der Waals surface area contributed by atoms with Gasteiger partial charge in [-0.25, -0.2) is 0 Å². The van der Waals surface area contributed by atoms with Crippen LogP contribution in [0.25, 0.3) is 0 Å². The third kappa shape index (κ3) is 1.96. The average Bonchev–Trinajstić information content (AvgIpc) is 2.62. The highest BCUT2D eigenvalue weighted by Gasteiger charge is 2.36. The summed E-state index contributed by atoms with van der Waals surface area (Å²) in [5.41, 5.74) is 5.88. The molecule has 2 N–H and O–H groups in total. The summed E-state index contributed by atoms with van der Waals surface area (Å²) < 4.78 is 4.95. The van der Waals surface area contributed by atoms with Gasteiger partial charge in [0.05, 0.1) is 0 Å². The first-order chi connectivity index (χ1) is 4.75. The lowest BCUT2D eigenvalue weighted by Gasteiger charge is -2.08. The fourth-order valence-electron chi connectivity index (χ4n) is 1.42. The minimum Gasteiger partial charge on any atom is -0.385 e. The Hall–Kier alpha value is -0.0800. The lowest BCUT2D eigenvalue weighted by Crippen LogP contribution is -2.24. The number of methoxy groups -OCH3 is 1. The minimum absolute atomic E-state index is 0.384. The monoisotopic (exact) mass is 143 g/mol. The van der Waals surface area contributed by atoms with Crippen LogP contribution in [0.2, 0.25) is 0 Å². The number of rotatable bonds is 4. The van der Waals surface area contributed by atoms with Crippen molar-refractivity contribution in [3.63, 3.8) is 0 Å². The summed E-state index contributed by atoms with van der Waals surface area (Å²) >= 11 is 0. The van der Waals surface area contributed by atoms with Gasteiger partial charge in [-0.3, -0.25) is 0 Å². The van der Waals surface area contributed by atoms with Crippen LogP contribution in [0, 0.1) is 11.8 Å². The first-order valence-electron chi connectivity index (χ1n) is 4.00. The Bertz CT molecular complexity index is 105. The summed E-state index contributed by atoms with van der Waals surface area (Å²) in [5.74, 6) is 1.65. The van der Waals surface area contributed by atoms with E-state index < -0.39 is 0 Å². The lowest BCUT2D eigenvalue weighted by atomic mass is 10.1. The van der Waals surface area contributed by atoms with Crippen LogP contribution < -0.4 is 5.73 Å². The molecule has 3 unspecified atom stereocenters. The Morgan fingerprint density at radius 3 is 2.70 bits per heavy atom. The zero-order valence-electron chi connectivity index (χ0n) is 6.84. The number of hydrogen-bond acceptors (Lipinski definition) is 2. The van der Waals surface area contributed by atoms with Gasteiger partial charge >= 0.3 is 0 Å². The van der Waals surface area contributed by atoms with Gasteiger partial charge in [0.1, 0.15) is 0 Å². The van der Waals surface area contributed by atoms with Crippen LogP contribution in [-0.4, -0.2) is 19.8 Å². The maximum atomic E-state index is 5.88. The molecule has 2 heteroatoms. The van der Waals surface area contributed by atoms with E-state index in [4.69, 9.17) is 10.5 Å². The third-order valence-corrected chi connectivity index (χ3v) is 2.38. The molecule has 1 aliphatic rings. The molecule has 0 aromatic heterocycles. The molecule has 60 valence electrons. The fourth-order valence-corrected chi connectivity index (χ4v) is 1.42. The maximum Gasteiger partial charge on any atom is 0.0477 e. The van der Waals surface area contributed by atoms with E-state index in [0.29, 0.717) is 6.04 Å². The smallest absolute Gasteiger partial charge is 0.0477 e. The number of hydrogen-bond donors (Lipinski definition) is 1. The normalized spacial score (nSPS) is 33.9. The highest BCUT2D eigenvalue weighted by atomic mass is 16.5. The molecule has 1 aliphatic carbocycles. The van der Waals surface area contributed by atoms with Crippen molar-refractivity contribution in [2.45, 2.75) is 25.8 Å². The van der Waals surface area contributed by atoms with E-state index >= 15 is 0 Å². The molecule has 0 bridgehead atoms. The molecule has 10 heavy (non-hydrogen) atoms. The Labute approximate surface area is 62.7 Å². The first-order valence-corrected chi connectivity index (χ1v) is 4.00. The number of nitrogens with two attached hydrogens (primary N) is 1. The Balaban J connectivity index is 2.04. The average molecular weight is 143 g/mol.